The van der Waals surface area contributed by atoms with Crippen molar-refractivity contribution in [2.45, 2.75) is 44.6 Å². The van der Waals surface area contributed by atoms with Gasteiger partial charge < -0.3 is 11.1 Å². The number of piperidine rings is 1. The summed E-state index contributed by atoms with van der Waals surface area (Å²) in [6.45, 7) is 4.15. The van der Waals surface area contributed by atoms with Crippen molar-refractivity contribution in [3.05, 3.63) is 34.9 Å². The summed E-state index contributed by atoms with van der Waals surface area (Å²) < 4.78 is 0. The lowest BCUT2D eigenvalue weighted by atomic mass is 9.78. The molecular weight excluding hydrogens is 220 g/mol. The third-order valence-corrected chi connectivity index (χ3v) is 4.76. The fraction of sp³-hybridized carbons (Fsp3) is 0.625. The predicted octanol–water partition coefficient (Wildman–Crippen LogP) is 2.22. The molecule has 1 saturated heterocycles. The zero-order valence-corrected chi connectivity index (χ0v) is 11.3. The maximum atomic E-state index is 5.95. The molecule has 3 unspecified atom stereocenters. The lowest BCUT2D eigenvalue weighted by molar-refractivity contribution is 0.285. The molecule has 0 bridgehead atoms. The van der Waals surface area contributed by atoms with E-state index in [0.29, 0.717) is 17.9 Å². The summed E-state index contributed by atoms with van der Waals surface area (Å²) in [4.78, 5) is 0. The highest BCUT2D eigenvalue weighted by molar-refractivity contribution is 5.37. The van der Waals surface area contributed by atoms with Crippen molar-refractivity contribution in [1.82, 2.24) is 5.32 Å². The van der Waals surface area contributed by atoms with E-state index in [2.05, 4.69) is 30.4 Å². The predicted molar refractivity (Wildman–Crippen MR) is 75.8 cm³/mol. The van der Waals surface area contributed by atoms with Crippen molar-refractivity contribution in [2.75, 3.05) is 13.1 Å². The summed E-state index contributed by atoms with van der Waals surface area (Å²) in [5.41, 5.74) is 10.6. The average Bonchev–Trinajstić information content (AvgIpc) is 2.85. The topological polar surface area (TPSA) is 38.0 Å². The van der Waals surface area contributed by atoms with Crippen LogP contribution in [0.15, 0.2) is 18.2 Å². The Morgan fingerprint density at radius 1 is 1.28 bits per heavy atom. The number of aryl methyl sites for hydroxylation is 2. The number of nitrogens with one attached hydrogen (secondary N) is 1. The highest BCUT2D eigenvalue weighted by atomic mass is 14.9. The summed E-state index contributed by atoms with van der Waals surface area (Å²) in [6.07, 6.45) is 5.11. The van der Waals surface area contributed by atoms with Gasteiger partial charge in [0.1, 0.15) is 0 Å². The molecule has 0 radical (unpaired) electrons. The zero-order chi connectivity index (χ0) is 12.5. The average molecular weight is 244 g/mol. The van der Waals surface area contributed by atoms with Gasteiger partial charge in [-0.15, -0.1) is 0 Å². The third kappa shape index (κ3) is 2.19. The van der Waals surface area contributed by atoms with Gasteiger partial charge in [0.25, 0.3) is 0 Å². The van der Waals surface area contributed by atoms with Crippen LogP contribution in [0.25, 0.3) is 0 Å². The van der Waals surface area contributed by atoms with Crippen LogP contribution in [0.4, 0.5) is 0 Å². The first-order valence-electron chi connectivity index (χ1n) is 7.33. The van der Waals surface area contributed by atoms with E-state index in [9.17, 15) is 0 Å². The second-order valence-corrected chi connectivity index (χ2v) is 6.03. The maximum absolute atomic E-state index is 5.95. The Morgan fingerprint density at radius 2 is 2.11 bits per heavy atom. The minimum Gasteiger partial charge on any atom is -0.330 e. The van der Waals surface area contributed by atoms with Gasteiger partial charge in [-0.3, -0.25) is 0 Å². The molecule has 1 aromatic rings. The largest absolute Gasteiger partial charge is 0.330 e. The second kappa shape index (κ2) is 5.02. The van der Waals surface area contributed by atoms with Gasteiger partial charge in [0.2, 0.25) is 0 Å². The number of nitrogens with two attached hydrogens (primary N) is 1. The number of benzene rings is 1. The molecule has 3 rings (SSSR count). The Balaban J connectivity index is 1.87. The molecule has 1 aliphatic heterocycles. The van der Waals surface area contributed by atoms with Crippen LogP contribution in [0.2, 0.25) is 0 Å². The lowest BCUT2D eigenvalue weighted by Gasteiger charge is -2.35. The van der Waals surface area contributed by atoms with Crippen molar-refractivity contribution in [3.63, 3.8) is 0 Å². The number of hydrogen-bond donors (Lipinski definition) is 2. The Labute approximate surface area is 110 Å². The number of rotatable bonds is 2. The van der Waals surface area contributed by atoms with Gasteiger partial charge in [-0.2, -0.15) is 0 Å². The second-order valence-electron chi connectivity index (χ2n) is 6.03. The van der Waals surface area contributed by atoms with Gasteiger partial charge in [0.15, 0.2) is 0 Å². The highest BCUT2D eigenvalue weighted by Gasteiger charge is 2.29. The van der Waals surface area contributed by atoms with E-state index in [0.717, 1.165) is 13.1 Å². The van der Waals surface area contributed by atoms with Crippen molar-refractivity contribution in [3.8, 4) is 0 Å². The standard InChI is InChI=1S/C16H24N2/c1-11-7-16(15(9-17)10-18-11)14-6-5-12-3-2-4-13(12)8-14/h5-6,8,11,15-16,18H,2-4,7,9-10,17H2,1H3. The van der Waals surface area contributed by atoms with E-state index < -0.39 is 0 Å². The van der Waals surface area contributed by atoms with Crippen LogP contribution in [0, 0.1) is 5.92 Å². The van der Waals surface area contributed by atoms with Gasteiger partial charge in [-0.05, 0) is 74.2 Å². The van der Waals surface area contributed by atoms with Crippen LogP contribution in [-0.4, -0.2) is 19.1 Å². The van der Waals surface area contributed by atoms with Crippen LogP contribution < -0.4 is 11.1 Å². The molecule has 2 heteroatoms. The highest BCUT2D eigenvalue weighted by Crippen LogP contribution is 2.34. The van der Waals surface area contributed by atoms with Gasteiger partial charge in [0.05, 0.1) is 0 Å². The summed E-state index contributed by atoms with van der Waals surface area (Å²) in [6, 6.07) is 7.80. The zero-order valence-electron chi connectivity index (χ0n) is 11.3. The lowest BCUT2D eigenvalue weighted by Crippen LogP contribution is -2.44. The van der Waals surface area contributed by atoms with E-state index in [4.69, 9.17) is 5.73 Å². The fourth-order valence-corrected chi connectivity index (χ4v) is 3.63. The molecule has 0 spiro atoms. The summed E-state index contributed by atoms with van der Waals surface area (Å²) in [7, 11) is 0. The van der Waals surface area contributed by atoms with Crippen molar-refractivity contribution < 1.29 is 0 Å². The molecule has 18 heavy (non-hydrogen) atoms. The molecule has 1 heterocycles. The molecule has 0 amide bonds. The molecule has 98 valence electrons. The molecule has 3 N–H and O–H groups in total. The molecule has 0 saturated carbocycles. The van der Waals surface area contributed by atoms with E-state index in [1.807, 2.05) is 0 Å². The summed E-state index contributed by atoms with van der Waals surface area (Å²) >= 11 is 0. The Hall–Kier alpha value is -0.860. The molecule has 0 aromatic heterocycles. The molecule has 1 fully saturated rings. The first-order valence-corrected chi connectivity index (χ1v) is 7.33. The molecular formula is C16H24N2. The molecule has 2 nitrogen and oxygen atoms in total. The van der Waals surface area contributed by atoms with E-state index in [1.165, 1.54) is 31.2 Å². The monoisotopic (exact) mass is 244 g/mol. The number of fused-ring (bicyclic) bond motifs is 1. The van der Waals surface area contributed by atoms with Crippen LogP contribution in [0.5, 0.6) is 0 Å². The van der Waals surface area contributed by atoms with Crippen LogP contribution >= 0.6 is 0 Å². The van der Waals surface area contributed by atoms with Crippen molar-refractivity contribution >= 4 is 0 Å². The van der Waals surface area contributed by atoms with Gasteiger partial charge in [-0.25, -0.2) is 0 Å². The van der Waals surface area contributed by atoms with Gasteiger partial charge in [0, 0.05) is 6.04 Å². The summed E-state index contributed by atoms with van der Waals surface area (Å²) in [5, 5.41) is 3.56. The minimum absolute atomic E-state index is 0.598. The van der Waals surface area contributed by atoms with Crippen molar-refractivity contribution in [1.29, 1.82) is 0 Å². The Kier molecular flexibility index (Phi) is 3.40. The van der Waals surface area contributed by atoms with E-state index in [1.54, 1.807) is 11.1 Å². The van der Waals surface area contributed by atoms with E-state index >= 15 is 0 Å². The van der Waals surface area contributed by atoms with Crippen LogP contribution in [-0.2, 0) is 12.8 Å². The quantitative estimate of drug-likeness (QED) is 0.837. The van der Waals surface area contributed by atoms with Crippen LogP contribution in [0.3, 0.4) is 0 Å². The normalized spacial score (nSPS) is 31.3. The van der Waals surface area contributed by atoms with E-state index in [-0.39, 0.29) is 0 Å². The SMILES string of the molecule is CC1CC(c2ccc3c(c2)CCC3)C(CN)CN1. The third-order valence-electron chi connectivity index (χ3n) is 4.76. The van der Waals surface area contributed by atoms with Gasteiger partial charge >= 0.3 is 0 Å². The first kappa shape index (κ1) is 12.2. The maximum Gasteiger partial charge on any atom is 0.00447 e. The Morgan fingerprint density at radius 3 is 2.94 bits per heavy atom. The summed E-state index contributed by atoms with van der Waals surface area (Å²) in [5.74, 6) is 1.25. The van der Waals surface area contributed by atoms with Gasteiger partial charge in [-0.1, -0.05) is 18.2 Å². The smallest absolute Gasteiger partial charge is 0.00447 e. The van der Waals surface area contributed by atoms with Crippen LogP contribution in [0.1, 0.15) is 42.4 Å². The first-order chi connectivity index (χ1) is 8.78. The molecule has 1 aromatic carbocycles. The number of hydrogen-bond acceptors (Lipinski definition) is 2. The van der Waals surface area contributed by atoms with Crippen molar-refractivity contribution in [2.24, 2.45) is 11.7 Å². The fourth-order valence-electron chi connectivity index (χ4n) is 3.63. The molecule has 2 aliphatic rings. The molecule has 3 atom stereocenters. The molecule has 1 aliphatic carbocycles. The Bertz CT molecular complexity index is 427. The minimum atomic E-state index is 0.598.